The number of hydrogen-bond donors (Lipinski definition) is 3. The highest BCUT2D eigenvalue weighted by Gasteiger charge is 2.36. The third kappa shape index (κ3) is 7.35. The highest BCUT2D eigenvalue weighted by atomic mass is 31.2. The number of carboxylic acids is 3. The van der Waals surface area contributed by atoms with Gasteiger partial charge in [-0.3, -0.25) is 14.4 Å². The number of aliphatic carboxylic acids is 3. The van der Waals surface area contributed by atoms with E-state index in [1.54, 1.807) is 18.2 Å². The molecule has 0 spiro atoms. The standard InChI is InChI=1S/C24H21O10P/c25-22(26)13-16-7-1-4-10-19(16)32-35(31,33-20-11-5-2-8-17(20)14-23(27)28)34-21-12-6-3-9-18(21)15-24(29)30/h1-12H,13-15H2,(H,25,26)(H,27,28)(H,29,30). The Bertz CT molecular complexity index is 1130. The van der Waals surface area contributed by atoms with Crippen LogP contribution < -0.4 is 13.6 Å². The number of benzene rings is 3. The largest absolute Gasteiger partial charge is 0.647 e. The summed E-state index contributed by atoms with van der Waals surface area (Å²) < 4.78 is 30.8. The van der Waals surface area contributed by atoms with E-state index < -0.39 is 45.0 Å². The maximum atomic E-state index is 13.9. The van der Waals surface area contributed by atoms with Gasteiger partial charge in [-0.25, -0.2) is 0 Å². The van der Waals surface area contributed by atoms with Gasteiger partial charge in [0.25, 0.3) is 0 Å². The van der Waals surface area contributed by atoms with Crippen molar-refractivity contribution in [2.24, 2.45) is 0 Å². The summed E-state index contributed by atoms with van der Waals surface area (Å²) in [7, 11) is -4.67. The molecule has 0 atom stereocenters. The first-order valence-corrected chi connectivity index (χ1v) is 11.7. The molecule has 0 saturated heterocycles. The molecule has 0 amide bonds. The van der Waals surface area contributed by atoms with Gasteiger partial charge in [0.2, 0.25) is 0 Å². The first-order valence-electron chi connectivity index (χ1n) is 10.2. The summed E-state index contributed by atoms with van der Waals surface area (Å²) in [4.78, 5) is 33.8. The number of hydrogen-bond acceptors (Lipinski definition) is 7. The molecular weight excluding hydrogens is 479 g/mol. The second-order valence-corrected chi connectivity index (χ2v) is 8.70. The minimum Gasteiger partial charge on any atom is -0.481 e. The Balaban J connectivity index is 2.05. The number of para-hydroxylation sites is 3. The molecule has 35 heavy (non-hydrogen) atoms. The average molecular weight is 500 g/mol. The maximum absolute atomic E-state index is 13.9. The Kier molecular flexibility index (Phi) is 8.12. The molecule has 0 heterocycles. The van der Waals surface area contributed by atoms with Gasteiger partial charge in [0.15, 0.2) is 0 Å². The first-order chi connectivity index (χ1) is 16.6. The van der Waals surface area contributed by atoms with E-state index in [0.29, 0.717) is 0 Å². The Hall–Kier alpha value is -4.30. The number of carbonyl (C=O) groups is 3. The lowest BCUT2D eigenvalue weighted by Gasteiger charge is -2.22. The zero-order valence-corrected chi connectivity index (χ0v) is 19.1. The van der Waals surface area contributed by atoms with E-state index in [0.717, 1.165) is 0 Å². The van der Waals surface area contributed by atoms with Crippen molar-refractivity contribution >= 4 is 25.7 Å². The van der Waals surface area contributed by atoms with E-state index in [1.165, 1.54) is 54.6 Å². The predicted octanol–water partition coefficient (Wildman–Crippen LogP) is 4.21. The normalized spacial score (nSPS) is 10.9. The molecule has 0 radical (unpaired) electrons. The second kappa shape index (κ2) is 11.2. The smallest absolute Gasteiger partial charge is 0.481 e. The van der Waals surface area contributed by atoms with Crippen LogP contribution in [0.2, 0.25) is 0 Å². The van der Waals surface area contributed by atoms with Crippen molar-refractivity contribution in [3.05, 3.63) is 89.5 Å². The number of rotatable bonds is 12. The highest BCUT2D eigenvalue weighted by molar-refractivity contribution is 7.49. The molecule has 0 fully saturated rings. The molecule has 11 heteroatoms. The molecule has 3 rings (SSSR count). The monoisotopic (exact) mass is 500 g/mol. The summed E-state index contributed by atoms with van der Waals surface area (Å²) >= 11 is 0. The lowest BCUT2D eigenvalue weighted by atomic mass is 10.1. The summed E-state index contributed by atoms with van der Waals surface area (Å²) in [5, 5.41) is 27.6. The average Bonchev–Trinajstić information content (AvgIpc) is 2.77. The second-order valence-electron chi connectivity index (χ2n) is 7.26. The highest BCUT2D eigenvalue weighted by Crippen LogP contribution is 2.51. The maximum Gasteiger partial charge on any atom is 0.647 e. The van der Waals surface area contributed by atoms with E-state index in [1.807, 2.05) is 0 Å². The molecule has 3 aromatic carbocycles. The molecular formula is C24H21O10P. The summed E-state index contributed by atoms with van der Waals surface area (Å²) in [5.74, 6) is -3.75. The van der Waals surface area contributed by atoms with Crippen LogP contribution in [0.15, 0.2) is 72.8 Å². The van der Waals surface area contributed by atoms with E-state index in [4.69, 9.17) is 13.6 Å². The van der Waals surface area contributed by atoms with Gasteiger partial charge in [0.1, 0.15) is 17.2 Å². The summed E-state index contributed by atoms with van der Waals surface area (Å²) in [6.45, 7) is 0. The van der Waals surface area contributed by atoms with Gasteiger partial charge in [0, 0.05) is 16.7 Å². The van der Waals surface area contributed by atoms with Crippen molar-refractivity contribution in [1.29, 1.82) is 0 Å². The topological polar surface area (TPSA) is 157 Å². The molecule has 10 nitrogen and oxygen atoms in total. The summed E-state index contributed by atoms with van der Waals surface area (Å²) in [6, 6.07) is 17.8. The molecule has 0 aliphatic carbocycles. The van der Waals surface area contributed by atoms with Gasteiger partial charge < -0.3 is 28.9 Å². The van der Waals surface area contributed by atoms with Crippen molar-refractivity contribution in [2.75, 3.05) is 0 Å². The van der Waals surface area contributed by atoms with Crippen LogP contribution in [0.5, 0.6) is 17.2 Å². The van der Waals surface area contributed by atoms with E-state index >= 15 is 0 Å². The lowest BCUT2D eigenvalue weighted by molar-refractivity contribution is -0.137. The van der Waals surface area contributed by atoms with Crippen LogP contribution in [-0.2, 0) is 38.2 Å². The van der Waals surface area contributed by atoms with Gasteiger partial charge in [-0.15, -0.1) is 0 Å². The lowest BCUT2D eigenvalue weighted by Crippen LogP contribution is -2.12. The number of phosphoric ester groups is 1. The van der Waals surface area contributed by atoms with Crippen molar-refractivity contribution in [1.82, 2.24) is 0 Å². The van der Waals surface area contributed by atoms with Gasteiger partial charge in [-0.2, -0.15) is 4.57 Å². The fraction of sp³-hybridized carbons (Fsp3) is 0.125. The summed E-state index contributed by atoms with van der Waals surface area (Å²) in [6.07, 6.45) is -1.33. The molecule has 0 aromatic heterocycles. The third-order valence-electron chi connectivity index (χ3n) is 4.57. The van der Waals surface area contributed by atoms with E-state index in [-0.39, 0.29) is 33.9 Å². The van der Waals surface area contributed by atoms with Crippen LogP contribution in [0.4, 0.5) is 0 Å². The van der Waals surface area contributed by atoms with Crippen molar-refractivity contribution in [3.8, 4) is 17.2 Å². The van der Waals surface area contributed by atoms with Gasteiger partial charge >= 0.3 is 25.7 Å². The van der Waals surface area contributed by atoms with Crippen molar-refractivity contribution < 1.29 is 47.8 Å². The molecule has 182 valence electrons. The minimum atomic E-state index is -4.67. The molecule has 0 saturated carbocycles. The first kappa shape index (κ1) is 25.3. The fourth-order valence-corrected chi connectivity index (χ4v) is 4.49. The zero-order valence-electron chi connectivity index (χ0n) is 18.2. The molecule has 3 aromatic rings. The molecule has 0 bridgehead atoms. The van der Waals surface area contributed by atoms with Crippen LogP contribution in [0.1, 0.15) is 16.7 Å². The minimum absolute atomic E-state index is 0.0929. The zero-order chi connectivity index (χ0) is 25.4. The Labute approximate surface area is 199 Å². The molecule has 3 N–H and O–H groups in total. The van der Waals surface area contributed by atoms with Crippen molar-refractivity contribution in [3.63, 3.8) is 0 Å². The SMILES string of the molecule is O=C(O)Cc1ccccc1OP(=O)(Oc1ccccc1CC(=O)O)Oc1ccccc1CC(=O)O. The molecule has 0 aliphatic heterocycles. The third-order valence-corrected chi connectivity index (χ3v) is 5.83. The number of carboxylic acid groups (broad SMARTS) is 3. The Morgan fingerprint density at radius 1 is 0.543 bits per heavy atom. The van der Waals surface area contributed by atoms with Crippen LogP contribution in [0.25, 0.3) is 0 Å². The van der Waals surface area contributed by atoms with Gasteiger partial charge in [-0.1, -0.05) is 54.6 Å². The predicted molar refractivity (Wildman–Crippen MR) is 123 cm³/mol. The number of phosphoric acid groups is 1. The van der Waals surface area contributed by atoms with Crippen LogP contribution in [-0.4, -0.2) is 33.2 Å². The Morgan fingerprint density at radius 3 is 1.06 bits per heavy atom. The Morgan fingerprint density at radius 2 is 0.800 bits per heavy atom. The summed E-state index contributed by atoms with van der Waals surface area (Å²) in [5.41, 5.74) is 0.556. The van der Waals surface area contributed by atoms with Crippen LogP contribution >= 0.6 is 7.82 Å². The van der Waals surface area contributed by atoms with Crippen LogP contribution in [0, 0.1) is 0 Å². The van der Waals surface area contributed by atoms with Gasteiger partial charge in [-0.05, 0) is 18.2 Å². The van der Waals surface area contributed by atoms with E-state index in [2.05, 4.69) is 0 Å². The molecule has 0 aliphatic rings. The van der Waals surface area contributed by atoms with Crippen LogP contribution in [0.3, 0.4) is 0 Å². The molecule has 0 unspecified atom stereocenters. The van der Waals surface area contributed by atoms with E-state index in [9.17, 15) is 34.3 Å². The quantitative estimate of drug-likeness (QED) is 0.308. The fourth-order valence-electron chi connectivity index (χ4n) is 3.12. The van der Waals surface area contributed by atoms with Crippen molar-refractivity contribution in [2.45, 2.75) is 19.3 Å². The van der Waals surface area contributed by atoms with Gasteiger partial charge in [0.05, 0.1) is 19.3 Å².